The zero-order valence-corrected chi connectivity index (χ0v) is 16.6. The molecule has 0 amide bonds. The SMILES string of the molecule is COc1ccc2cc(-c3[nH]ncc3CN3CCCC3c3nccs3)ccc2c1. The van der Waals surface area contributed by atoms with Gasteiger partial charge in [-0.05, 0) is 48.4 Å². The van der Waals surface area contributed by atoms with Crippen molar-refractivity contribution >= 4 is 22.1 Å². The number of nitrogens with one attached hydrogen (secondary N) is 1. The number of aromatic amines is 1. The van der Waals surface area contributed by atoms with Gasteiger partial charge in [-0.1, -0.05) is 18.2 Å². The minimum atomic E-state index is 0.423. The maximum absolute atomic E-state index is 5.33. The average Bonchev–Trinajstić information content (AvgIpc) is 3.49. The summed E-state index contributed by atoms with van der Waals surface area (Å²) in [6.07, 6.45) is 6.27. The molecule has 6 heteroatoms. The molecule has 0 radical (unpaired) electrons. The Morgan fingerprint density at radius 3 is 2.96 bits per heavy atom. The largest absolute Gasteiger partial charge is 0.497 e. The third-order valence-corrected chi connectivity index (χ3v) is 6.40. The van der Waals surface area contributed by atoms with Gasteiger partial charge in [0.15, 0.2) is 0 Å². The zero-order chi connectivity index (χ0) is 18.9. The second-order valence-electron chi connectivity index (χ2n) is 7.20. The van der Waals surface area contributed by atoms with Gasteiger partial charge in [0.2, 0.25) is 0 Å². The Balaban J connectivity index is 1.44. The van der Waals surface area contributed by atoms with Crippen molar-refractivity contribution in [3.05, 3.63) is 64.7 Å². The summed E-state index contributed by atoms with van der Waals surface area (Å²) in [5.74, 6) is 0.879. The molecule has 1 unspecified atom stereocenters. The molecule has 1 aliphatic heterocycles. The number of ether oxygens (including phenoxy) is 1. The quantitative estimate of drug-likeness (QED) is 0.519. The number of H-pyrrole nitrogens is 1. The summed E-state index contributed by atoms with van der Waals surface area (Å²) in [7, 11) is 1.70. The molecule has 0 bridgehead atoms. The molecule has 4 aromatic rings. The molecule has 2 aromatic heterocycles. The molecule has 0 saturated carbocycles. The molecular weight excluding hydrogens is 368 g/mol. The third-order valence-electron chi connectivity index (χ3n) is 5.53. The Morgan fingerprint density at radius 1 is 1.21 bits per heavy atom. The van der Waals surface area contributed by atoms with Gasteiger partial charge >= 0.3 is 0 Å². The van der Waals surface area contributed by atoms with Crippen molar-refractivity contribution in [3.63, 3.8) is 0 Å². The number of methoxy groups -OCH3 is 1. The van der Waals surface area contributed by atoms with Crippen molar-refractivity contribution in [1.82, 2.24) is 20.1 Å². The summed E-state index contributed by atoms with van der Waals surface area (Å²) < 4.78 is 5.33. The Morgan fingerprint density at radius 2 is 2.11 bits per heavy atom. The minimum absolute atomic E-state index is 0.423. The number of hydrogen-bond donors (Lipinski definition) is 1. The normalized spacial score (nSPS) is 17.4. The maximum Gasteiger partial charge on any atom is 0.119 e. The van der Waals surface area contributed by atoms with Crippen LogP contribution in [-0.2, 0) is 6.54 Å². The number of nitrogens with zero attached hydrogens (tertiary/aromatic N) is 3. The van der Waals surface area contributed by atoms with E-state index in [2.05, 4.69) is 55.8 Å². The van der Waals surface area contributed by atoms with Gasteiger partial charge in [0, 0.05) is 29.2 Å². The molecule has 0 spiro atoms. The van der Waals surface area contributed by atoms with Crippen LogP contribution in [0, 0.1) is 0 Å². The highest BCUT2D eigenvalue weighted by molar-refractivity contribution is 7.09. The van der Waals surface area contributed by atoms with Crippen LogP contribution in [0.4, 0.5) is 0 Å². The predicted molar refractivity (Wildman–Crippen MR) is 113 cm³/mol. The average molecular weight is 391 g/mol. The van der Waals surface area contributed by atoms with Crippen molar-refractivity contribution in [2.45, 2.75) is 25.4 Å². The summed E-state index contributed by atoms with van der Waals surface area (Å²) in [5.41, 5.74) is 3.49. The standard InChI is InChI=1S/C22H22N4OS/c1-27-19-7-6-15-11-17(5-4-16(15)12-19)21-18(13-24-25-21)14-26-9-2-3-20(26)22-23-8-10-28-22/h4-8,10-13,20H,2-3,9,14H2,1H3,(H,24,25). The lowest BCUT2D eigenvalue weighted by atomic mass is 10.0. The first-order valence-electron chi connectivity index (χ1n) is 9.56. The van der Waals surface area contributed by atoms with Crippen LogP contribution >= 0.6 is 11.3 Å². The molecule has 142 valence electrons. The highest BCUT2D eigenvalue weighted by Crippen LogP contribution is 2.35. The number of aromatic nitrogens is 3. The third kappa shape index (κ3) is 3.19. The highest BCUT2D eigenvalue weighted by Gasteiger charge is 2.28. The molecule has 1 N–H and O–H groups in total. The number of hydrogen-bond acceptors (Lipinski definition) is 5. The molecule has 28 heavy (non-hydrogen) atoms. The topological polar surface area (TPSA) is 54.0 Å². The minimum Gasteiger partial charge on any atom is -0.497 e. The van der Waals surface area contributed by atoms with E-state index in [1.54, 1.807) is 18.4 Å². The van der Waals surface area contributed by atoms with E-state index >= 15 is 0 Å². The lowest BCUT2D eigenvalue weighted by Crippen LogP contribution is -2.22. The molecule has 1 fully saturated rings. The van der Waals surface area contributed by atoms with E-state index in [-0.39, 0.29) is 0 Å². The summed E-state index contributed by atoms with van der Waals surface area (Å²) >= 11 is 1.76. The van der Waals surface area contributed by atoms with Gasteiger partial charge in [-0.15, -0.1) is 11.3 Å². The van der Waals surface area contributed by atoms with Crippen LogP contribution in [0.2, 0.25) is 0 Å². The molecule has 0 aliphatic carbocycles. The van der Waals surface area contributed by atoms with Crippen LogP contribution in [-0.4, -0.2) is 33.7 Å². The van der Waals surface area contributed by atoms with E-state index in [0.29, 0.717) is 6.04 Å². The van der Waals surface area contributed by atoms with Crippen molar-refractivity contribution in [3.8, 4) is 17.0 Å². The van der Waals surface area contributed by atoms with Crippen LogP contribution in [0.5, 0.6) is 5.75 Å². The molecule has 5 rings (SSSR count). The second kappa shape index (κ2) is 7.37. The fraction of sp³-hybridized carbons (Fsp3) is 0.273. The Bertz CT molecular complexity index is 1090. The molecule has 1 aliphatic rings. The van der Waals surface area contributed by atoms with Crippen molar-refractivity contribution in [2.24, 2.45) is 0 Å². The van der Waals surface area contributed by atoms with Gasteiger partial charge < -0.3 is 4.74 Å². The summed E-state index contributed by atoms with van der Waals surface area (Å²) in [5, 5.41) is 13.2. The van der Waals surface area contributed by atoms with Crippen molar-refractivity contribution < 1.29 is 4.74 Å². The van der Waals surface area contributed by atoms with E-state index < -0.39 is 0 Å². The first-order chi connectivity index (χ1) is 13.8. The molecule has 5 nitrogen and oxygen atoms in total. The van der Waals surface area contributed by atoms with Gasteiger partial charge in [0.05, 0.1) is 25.0 Å². The monoisotopic (exact) mass is 390 g/mol. The number of likely N-dealkylation sites (tertiary alicyclic amines) is 1. The highest BCUT2D eigenvalue weighted by atomic mass is 32.1. The molecule has 1 saturated heterocycles. The summed E-state index contributed by atoms with van der Waals surface area (Å²) in [4.78, 5) is 7.08. The van der Waals surface area contributed by atoms with Gasteiger partial charge in [0.25, 0.3) is 0 Å². The van der Waals surface area contributed by atoms with Crippen LogP contribution in [0.15, 0.2) is 54.2 Å². The van der Waals surface area contributed by atoms with E-state index in [9.17, 15) is 0 Å². The van der Waals surface area contributed by atoms with E-state index in [1.165, 1.54) is 34.2 Å². The lowest BCUT2D eigenvalue weighted by Gasteiger charge is -2.22. The van der Waals surface area contributed by atoms with Crippen LogP contribution in [0.1, 0.15) is 29.5 Å². The van der Waals surface area contributed by atoms with Gasteiger partial charge in [0.1, 0.15) is 10.8 Å². The first-order valence-corrected chi connectivity index (χ1v) is 10.4. The second-order valence-corrected chi connectivity index (χ2v) is 8.12. The van der Waals surface area contributed by atoms with Crippen molar-refractivity contribution in [2.75, 3.05) is 13.7 Å². The maximum atomic E-state index is 5.33. The van der Waals surface area contributed by atoms with Gasteiger partial charge in [-0.2, -0.15) is 5.10 Å². The van der Waals surface area contributed by atoms with E-state index in [0.717, 1.165) is 30.1 Å². The van der Waals surface area contributed by atoms with Gasteiger partial charge in [-0.25, -0.2) is 4.98 Å². The fourth-order valence-corrected chi connectivity index (χ4v) is 4.91. The van der Waals surface area contributed by atoms with Crippen LogP contribution in [0.3, 0.4) is 0 Å². The molecular formula is C22H22N4OS. The Hall–Kier alpha value is -2.70. The van der Waals surface area contributed by atoms with Gasteiger partial charge in [-0.3, -0.25) is 10.00 Å². The number of rotatable bonds is 5. The predicted octanol–water partition coefficient (Wildman–Crippen LogP) is 5.03. The number of fused-ring (bicyclic) bond motifs is 1. The van der Waals surface area contributed by atoms with Crippen molar-refractivity contribution in [1.29, 1.82) is 0 Å². The summed E-state index contributed by atoms with van der Waals surface area (Å²) in [6, 6.07) is 13.1. The van der Waals surface area contributed by atoms with E-state index in [1.807, 2.05) is 18.5 Å². The fourth-order valence-electron chi connectivity index (χ4n) is 4.10. The number of thiazole rings is 1. The molecule has 2 aromatic carbocycles. The first kappa shape index (κ1) is 17.4. The van der Waals surface area contributed by atoms with Crippen LogP contribution < -0.4 is 4.74 Å². The lowest BCUT2D eigenvalue weighted by molar-refractivity contribution is 0.248. The Labute approximate surface area is 168 Å². The molecule has 1 atom stereocenters. The zero-order valence-electron chi connectivity index (χ0n) is 15.8. The Kier molecular flexibility index (Phi) is 4.58. The van der Waals surface area contributed by atoms with E-state index in [4.69, 9.17) is 4.74 Å². The molecule has 3 heterocycles. The van der Waals surface area contributed by atoms with Crippen LogP contribution in [0.25, 0.3) is 22.0 Å². The number of benzene rings is 2. The smallest absolute Gasteiger partial charge is 0.119 e. The summed E-state index contributed by atoms with van der Waals surface area (Å²) in [6.45, 7) is 1.99.